The number of rotatable bonds is 3. The van der Waals surface area contributed by atoms with Crippen molar-refractivity contribution < 1.29 is 9.59 Å². The fraction of sp³-hybridized carbons (Fsp3) is 0.154. The topological polar surface area (TPSA) is 90.0 Å². The van der Waals surface area contributed by atoms with Gasteiger partial charge in [-0.3, -0.25) is 14.3 Å². The molecule has 2 aromatic rings. The van der Waals surface area contributed by atoms with Crippen LogP contribution < -0.4 is 11.1 Å². The average molecular weight is 258 g/mol. The molecule has 0 bridgehead atoms. The van der Waals surface area contributed by atoms with Crippen LogP contribution in [0.15, 0.2) is 30.5 Å². The minimum Gasteiger partial charge on any atom is -0.396 e. The van der Waals surface area contributed by atoms with Crippen molar-refractivity contribution in [1.29, 1.82) is 0 Å². The summed E-state index contributed by atoms with van der Waals surface area (Å²) in [5.41, 5.74) is 7.35. The lowest BCUT2D eigenvalue weighted by Gasteiger charge is -2.07. The first-order valence-electron chi connectivity index (χ1n) is 5.69. The van der Waals surface area contributed by atoms with Crippen LogP contribution in [0.1, 0.15) is 27.8 Å². The molecule has 0 spiro atoms. The van der Waals surface area contributed by atoms with Crippen molar-refractivity contribution in [3.63, 3.8) is 0 Å². The zero-order valence-corrected chi connectivity index (χ0v) is 10.7. The van der Waals surface area contributed by atoms with Crippen molar-refractivity contribution in [2.24, 2.45) is 7.05 Å². The number of benzene rings is 1. The van der Waals surface area contributed by atoms with Gasteiger partial charge in [-0.2, -0.15) is 5.10 Å². The molecule has 0 radical (unpaired) electrons. The van der Waals surface area contributed by atoms with Gasteiger partial charge in [0, 0.05) is 18.3 Å². The molecule has 0 aliphatic heterocycles. The maximum atomic E-state index is 12.1. The number of aromatic nitrogens is 2. The summed E-state index contributed by atoms with van der Waals surface area (Å²) in [4.78, 5) is 23.3. The number of hydrogen-bond acceptors (Lipinski definition) is 4. The number of aryl methyl sites for hydroxylation is 1. The Morgan fingerprint density at radius 3 is 2.68 bits per heavy atom. The maximum Gasteiger partial charge on any atom is 0.276 e. The number of nitrogens with one attached hydrogen (secondary N) is 1. The van der Waals surface area contributed by atoms with E-state index in [2.05, 4.69) is 10.4 Å². The van der Waals surface area contributed by atoms with Gasteiger partial charge in [0.25, 0.3) is 5.91 Å². The number of hydrogen-bond donors (Lipinski definition) is 2. The van der Waals surface area contributed by atoms with Crippen molar-refractivity contribution in [3.05, 3.63) is 41.7 Å². The third-order valence-electron chi connectivity index (χ3n) is 2.71. The Morgan fingerprint density at radius 2 is 2.11 bits per heavy atom. The minimum absolute atomic E-state index is 0.0591. The van der Waals surface area contributed by atoms with Crippen molar-refractivity contribution in [2.75, 3.05) is 11.1 Å². The normalized spacial score (nSPS) is 10.2. The van der Waals surface area contributed by atoms with Crippen molar-refractivity contribution >= 4 is 23.1 Å². The molecule has 98 valence electrons. The zero-order chi connectivity index (χ0) is 14.0. The first-order valence-corrected chi connectivity index (χ1v) is 5.69. The fourth-order valence-electron chi connectivity index (χ4n) is 1.74. The summed E-state index contributed by atoms with van der Waals surface area (Å²) in [6.45, 7) is 1.47. The largest absolute Gasteiger partial charge is 0.396 e. The fourth-order valence-corrected chi connectivity index (χ4v) is 1.74. The highest BCUT2D eigenvalue weighted by atomic mass is 16.2. The molecule has 3 N–H and O–H groups in total. The molecule has 0 unspecified atom stereocenters. The van der Waals surface area contributed by atoms with Gasteiger partial charge < -0.3 is 11.1 Å². The third-order valence-corrected chi connectivity index (χ3v) is 2.71. The standard InChI is InChI=1S/C13H14N4O2/c1-8(18)9-4-3-5-10(6-9)16-13(19)12-11(14)7-15-17(12)2/h3-7H,14H2,1-2H3,(H,16,19). The smallest absolute Gasteiger partial charge is 0.276 e. The molecule has 0 saturated carbocycles. The van der Waals surface area contributed by atoms with Crippen molar-refractivity contribution in [1.82, 2.24) is 9.78 Å². The predicted molar refractivity (Wildman–Crippen MR) is 72.0 cm³/mol. The Balaban J connectivity index is 2.24. The summed E-state index contributed by atoms with van der Waals surface area (Å²) in [5.74, 6) is -0.422. The van der Waals surface area contributed by atoms with Gasteiger partial charge in [-0.15, -0.1) is 0 Å². The Hall–Kier alpha value is -2.63. The quantitative estimate of drug-likeness (QED) is 0.815. The summed E-state index contributed by atoms with van der Waals surface area (Å²) >= 11 is 0. The number of carbonyl (C=O) groups is 2. The summed E-state index contributed by atoms with van der Waals surface area (Å²) in [6, 6.07) is 6.72. The highest BCUT2D eigenvalue weighted by molar-refractivity contribution is 6.07. The Bertz CT molecular complexity index is 626. The van der Waals surface area contributed by atoms with Crippen molar-refractivity contribution in [2.45, 2.75) is 6.92 Å². The molecule has 19 heavy (non-hydrogen) atoms. The van der Waals surface area contributed by atoms with Crippen LogP contribution in [0, 0.1) is 0 Å². The molecule has 0 fully saturated rings. The predicted octanol–water partition coefficient (Wildman–Crippen LogP) is 1.46. The molecule has 2 rings (SSSR count). The van der Waals surface area contributed by atoms with Gasteiger partial charge in [0.2, 0.25) is 0 Å². The van der Waals surface area contributed by atoms with Crippen LogP contribution in [-0.4, -0.2) is 21.5 Å². The van der Waals surface area contributed by atoms with Crippen LogP contribution in [0.5, 0.6) is 0 Å². The van der Waals surface area contributed by atoms with E-state index < -0.39 is 0 Å². The Morgan fingerprint density at radius 1 is 1.37 bits per heavy atom. The number of carbonyl (C=O) groups excluding carboxylic acids is 2. The van der Waals surface area contributed by atoms with E-state index in [-0.39, 0.29) is 17.4 Å². The second-order valence-electron chi connectivity index (χ2n) is 4.16. The highest BCUT2D eigenvalue weighted by Crippen LogP contribution is 2.15. The number of anilines is 2. The van der Waals surface area contributed by atoms with E-state index in [0.29, 0.717) is 16.9 Å². The van der Waals surface area contributed by atoms with Crippen LogP contribution in [0.2, 0.25) is 0 Å². The van der Waals surface area contributed by atoms with Crippen LogP contribution in [0.25, 0.3) is 0 Å². The molecule has 0 aliphatic carbocycles. The van der Waals surface area contributed by atoms with E-state index in [1.165, 1.54) is 17.8 Å². The molecule has 1 heterocycles. The second-order valence-corrected chi connectivity index (χ2v) is 4.16. The van der Waals surface area contributed by atoms with Gasteiger partial charge in [0.05, 0.1) is 11.9 Å². The molecular formula is C13H14N4O2. The van der Waals surface area contributed by atoms with Gasteiger partial charge in [0.15, 0.2) is 5.78 Å². The monoisotopic (exact) mass is 258 g/mol. The molecule has 1 aromatic heterocycles. The van der Waals surface area contributed by atoms with E-state index >= 15 is 0 Å². The molecule has 1 aromatic carbocycles. The lowest BCUT2D eigenvalue weighted by atomic mass is 10.1. The lowest BCUT2D eigenvalue weighted by Crippen LogP contribution is -2.17. The van der Waals surface area contributed by atoms with Gasteiger partial charge in [-0.25, -0.2) is 0 Å². The molecule has 6 heteroatoms. The van der Waals surface area contributed by atoms with Gasteiger partial charge in [-0.05, 0) is 19.1 Å². The van der Waals surface area contributed by atoms with Gasteiger partial charge in [0.1, 0.15) is 5.69 Å². The second kappa shape index (κ2) is 4.93. The first-order chi connectivity index (χ1) is 8.99. The number of nitrogens with two attached hydrogens (primary N) is 1. The van der Waals surface area contributed by atoms with Gasteiger partial charge in [-0.1, -0.05) is 12.1 Å². The first kappa shape index (κ1) is 12.8. The molecular weight excluding hydrogens is 244 g/mol. The van der Waals surface area contributed by atoms with Crippen LogP contribution in [0.3, 0.4) is 0 Å². The van der Waals surface area contributed by atoms with Crippen molar-refractivity contribution in [3.8, 4) is 0 Å². The summed E-state index contributed by atoms with van der Waals surface area (Å²) < 4.78 is 1.40. The number of ketones is 1. The summed E-state index contributed by atoms with van der Waals surface area (Å²) in [5, 5.41) is 6.59. The van der Waals surface area contributed by atoms with E-state index in [0.717, 1.165) is 0 Å². The maximum absolute atomic E-state index is 12.1. The summed E-state index contributed by atoms with van der Waals surface area (Å²) in [6.07, 6.45) is 1.42. The van der Waals surface area contributed by atoms with Gasteiger partial charge >= 0.3 is 0 Å². The van der Waals surface area contributed by atoms with Crippen LogP contribution in [0.4, 0.5) is 11.4 Å². The molecule has 0 aliphatic rings. The number of nitrogen functional groups attached to an aromatic ring is 1. The summed E-state index contributed by atoms with van der Waals surface area (Å²) in [7, 11) is 1.64. The molecule has 6 nitrogen and oxygen atoms in total. The third kappa shape index (κ3) is 2.62. The molecule has 0 atom stereocenters. The number of nitrogens with zero attached hydrogens (tertiary/aromatic N) is 2. The molecule has 0 saturated heterocycles. The zero-order valence-electron chi connectivity index (χ0n) is 10.7. The highest BCUT2D eigenvalue weighted by Gasteiger charge is 2.15. The van der Waals surface area contributed by atoms with E-state index in [4.69, 9.17) is 5.73 Å². The Kier molecular flexibility index (Phi) is 3.33. The SMILES string of the molecule is CC(=O)c1cccc(NC(=O)c2c(N)cnn2C)c1. The van der Waals surface area contributed by atoms with E-state index in [1.807, 2.05) is 0 Å². The van der Waals surface area contributed by atoms with Crippen LogP contribution >= 0.6 is 0 Å². The molecule has 1 amide bonds. The average Bonchev–Trinajstić information content (AvgIpc) is 2.69. The van der Waals surface area contributed by atoms with Crippen LogP contribution in [-0.2, 0) is 7.05 Å². The van der Waals surface area contributed by atoms with E-state index in [1.54, 1.807) is 31.3 Å². The number of amides is 1. The lowest BCUT2D eigenvalue weighted by molar-refractivity contribution is 0.100. The minimum atomic E-state index is -0.363. The van der Waals surface area contributed by atoms with E-state index in [9.17, 15) is 9.59 Å². The number of Topliss-reactive ketones (excluding diaryl/α,β-unsaturated/α-hetero) is 1. The Labute approximate surface area is 110 Å².